The number of sulfone groups is 1. The van der Waals surface area contributed by atoms with Crippen molar-refractivity contribution in [3.8, 4) is 0 Å². The summed E-state index contributed by atoms with van der Waals surface area (Å²) in [5.74, 6) is -0.119. The van der Waals surface area contributed by atoms with Gasteiger partial charge in [-0.2, -0.15) is 16.4 Å². The molecule has 1 atom stereocenters. The smallest absolute Gasteiger partial charge is 0.224 e. The highest BCUT2D eigenvalue weighted by Gasteiger charge is 2.19. The van der Waals surface area contributed by atoms with Gasteiger partial charge in [0.15, 0.2) is 9.84 Å². The molecule has 0 aliphatic carbocycles. The number of hydrogen-bond acceptors (Lipinski definition) is 5. The van der Waals surface area contributed by atoms with Crippen molar-refractivity contribution in [2.45, 2.75) is 36.5 Å². The van der Waals surface area contributed by atoms with E-state index in [9.17, 15) is 13.2 Å². The Labute approximate surface area is 169 Å². The molecule has 1 aromatic carbocycles. The molecule has 0 saturated carbocycles. The fourth-order valence-electron chi connectivity index (χ4n) is 2.82. The highest BCUT2D eigenvalue weighted by molar-refractivity contribution is 7.92. The Morgan fingerprint density at radius 2 is 1.96 bits per heavy atom. The summed E-state index contributed by atoms with van der Waals surface area (Å²) in [6.45, 7) is 3.73. The van der Waals surface area contributed by atoms with Crippen LogP contribution in [-0.2, 0) is 21.1 Å². The van der Waals surface area contributed by atoms with Gasteiger partial charge in [-0.1, -0.05) is 12.1 Å². The first kappa shape index (κ1) is 20.3. The minimum atomic E-state index is -3.30. The molecule has 0 aliphatic heterocycles. The molecule has 0 fully saturated rings. The molecule has 6 nitrogen and oxygen atoms in total. The Hall–Kier alpha value is -2.45. The lowest BCUT2D eigenvalue weighted by Gasteiger charge is -2.17. The van der Waals surface area contributed by atoms with Crippen LogP contribution in [-0.4, -0.2) is 35.9 Å². The van der Waals surface area contributed by atoms with E-state index in [1.807, 2.05) is 33.8 Å². The number of rotatable bonds is 8. The zero-order chi connectivity index (χ0) is 20.1. The third-order valence-corrected chi connectivity index (χ3v) is 7.37. The summed E-state index contributed by atoms with van der Waals surface area (Å²) in [6, 6.07) is 10.3. The summed E-state index contributed by atoms with van der Waals surface area (Å²) in [5, 5.41) is 10.8. The Bertz CT molecular complexity index is 959. The van der Waals surface area contributed by atoms with Crippen molar-refractivity contribution in [2.75, 3.05) is 6.54 Å². The van der Waals surface area contributed by atoms with Crippen LogP contribution in [0.5, 0.6) is 0 Å². The lowest BCUT2D eigenvalue weighted by Crippen LogP contribution is -2.32. The minimum absolute atomic E-state index is 0.0660. The van der Waals surface area contributed by atoms with E-state index in [4.69, 9.17) is 0 Å². The Morgan fingerprint density at radius 3 is 2.54 bits per heavy atom. The molecule has 0 spiro atoms. The van der Waals surface area contributed by atoms with Gasteiger partial charge < -0.3 is 5.32 Å². The molecular formula is C20H23N3O3S2. The fraction of sp³-hybridized carbons (Fsp3) is 0.300. The SMILES string of the molecule is CC(C)S(=O)(=O)c1ccc(CC(=O)NC[C@H](c2ccsc2)n2cccn2)cc1. The normalized spacial score (nSPS) is 12.8. The third kappa shape index (κ3) is 4.69. The minimum Gasteiger partial charge on any atom is -0.353 e. The first-order chi connectivity index (χ1) is 13.4. The van der Waals surface area contributed by atoms with Crippen LogP contribution in [0.4, 0.5) is 0 Å². The second kappa shape index (κ2) is 8.70. The molecule has 0 unspecified atom stereocenters. The fourth-order valence-corrected chi connectivity index (χ4v) is 4.59. The van der Waals surface area contributed by atoms with Crippen LogP contribution >= 0.6 is 11.3 Å². The molecule has 0 bridgehead atoms. The molecule has 3 aromatic rings. The van der Waals surface area contributed by atoms with Gasteiger partial charge in [0.25, 0.3) is 0 Å². The van der Waals surface area contributed by atoms with Gasteiger partial charge in [0, 0.05) is 18.9 Å². The predicted molar refractivity (Wildman–Crippen MR) is 110 cm³/mol. The van der Waals surface area contributed by atoms with Crippen molar-refractivity contribution in [2.24, 2.45) is 0 Å². The largest absolute Gasteiger partial charge is 0.353 e. The number of thiophene rings is 1. The summed E-state index contributed by atoms with van der Waals surface area (Å²) < 4.78 is 26.2. The quantitative estimate of drug-likeness (QED) is 0.611. The average Bonchev–Trinajstić information content (AvgIpc) is 3.37. The monoisotopic (exact) mass is 417 g/mol. The molecule has 148 valence electrons. The first-order valence-electron chi connectivity index (χ1n) is 8.98. The van der Waals surface area contributed by atoms with Crippen molar-refractivity contribution < 1.29 is 13.2 Å². The summed E-state index contributed by atoms with van der Waals surface area (Å²) in [7, 11) is -3.30. The number of carbonyl (C=O) groups excluding carboxylic acids is 1. The molecule has 0 saturated heterocycles. The highest BCUT2D eigenvalue weighted by atomic mass is 32.2. The van der Waals surface area contributed by atoms with Gasteiger partial charge in [0.1, 0.15) is 0 Å². The zero-order valence-corrected chi connectivity index (χ0v) is 17.4. The van der Waals surface area contributed by atoms with E-state index in [0.717, 1.165) is 11.1 Å². The van der Waals surface area contributed by atoms with Gasteiger partial charge in [-0.15, -0.1) is 0 Å². The standard InChI is InChI=1S/C20H23N3O3S2/c1-15(2)28(25,26)18-6-4-16(5-7-18)12-20(24)21-13-19(17-8-11-27-14-17)23-10-3-9-22-23/h3-11,14-15,19H,12-13H2,1-2H3,(H,21,24)/t19-/m1/s1. The van der Waals surface area contributed by atoms with Crippen LogP contribution in [0.15, 0.2) is 64.4 Å². The highest BCUT2D eigenvalue weighted by Crippen LogP contribution is 2.20. The zero-order valence-electron chi connectivity index (χ0n) is 15.8. The van der Waals surface area contributed by atoms with Crippen molar-refractivity contribution in [3.63, 3.8) is 0 Å². The van der Waals surface area contributed by atoms with Crippen molar-refractivity contribution >= 4 is 27.1 Å². The van der Waals surface area contributed by atoms with Crippen LogP contribution in [0.1, 0.15) is 31.0 Å². The van der Waals surface area contributed by atoms with Crippen molar-refractivity contribution in [3.05, 3.63) is 70.7 Å². The lowest BCUT2D eigenvalue weighted by atomic mass is 10.1. The summed E-state index contributed by atoms with van der Waals surface area (Å²) in [4.78, 5) is 12.7. The second-order valence-electron chi connectivity index (χ2n) is 6.78. The maximum Gasteiger partial charge on any atom is 0.224 e. The summed E-state index contributed by atoms with van der Waals surface area (Å²) in [5.41, 5.74) is 1.86. The van der Waals surface area contributed by atoms with E-state index in [-0.39, 0.29) is 23.3 Å². The van der Waals surface area contributed by atoms with Crippen LogP contribution in [0.3, 0.4) is 0 Å². The van der Waals surface area contributed by atoms with Crippen LogP contribution in [0.25, 0.3) is 0 Å². The third-order valence-electron chi connectivity index (χ3n) is 4.50. The molecule has 1 N–H and O–H groups in total. The lowest BCUT2D eigenvalue weighted by molar-refractivity contribution is -0.120. The van der Waals surface area contributed by atoms with Gasteiger partial charge in [-0.05, 0) is 60.0 Å². The molecule has 28 heavy (non-hydrogen) atoms. The van der Waals surface area contributed by atoms with Gasteiger partial charge >= 0.3 is 0 Å². The average molecular weight is 418 g/mol. The second-order valence-corrected chi connectivity index (χ2v) is 10.1. The first-order valence-corrected chi connectivity index (χ1v) is 11.5. The number of aromatic nitrogens is 2. The Balaban J connectivity index is 1.62. The molecule has 0 radical (unpaired) electrons. The Morgan fingerprint density at radius 1 is 1.21 bits per heavy atom. The van der Waals surface area contributed by atoms with Gasteiger partial charge in [0.2, 0.25) is 5.91 Å². The molecule has 2 heterocycles. The predicted octanol–water partition coefficient (Wildman–Crippen LogP) is 3.08. The van der Waals surface area contributed by atoms with Gasteiger partial charge in [-0.3, -0.25) is 9.48 Å². The summed E-state index contributed by atoms with van der Waals surface area (Å²) >= 11 is 1.60. The molecular weight excluding hydrogens is 394 g/mol. The summed E-state index contributed by atoms with van der Waals surface area (Å²) in [6.07, 6.45) is 3.79. The van der Waals surface area contributed by atoms with E-state index in [1.165, 1.54) is 0 Å². The van der Waals surface area contributed by atoms with E-state index >= 15 is 0 Å². The van der Waals surface area contributed by atoms with Gasteiger partial charge in [-0.25, -0.2) is 8.42 Å². The number of benzene rings is 1. The molecule has 3 rings (SSSR count). The number of amides is 1. The van der Waals surface area contributed by atoms with E-state index in [2.05, 4.69) is 10.4 Å². The number of carbonyl (C=O) groups is 1. The van der Waals surface area contributed by atoms with Gasteiger partial charge in [0.05, 0.1) is 22.6 Å². The maximum atomic E-state index is 12.4. The number of nitrogens with zero attached hydrogens (tertiary/aromatic N) is 2. The van der Waals surface area contributed by atoms with Crippen LogP contribution < -0.4 is 5.32 Å². The van der Waals surface area contributed by atoms with Crippen LogP contribution in [0, 0.1) is 0 Å². The van der Waals surface area contributed by atoms with Crippen LogP contribution in [0.2, 0.25) is 0 Å². The van der Waals surface area contributed by atoms with E-state index < -0.39 is 15.1 Å². The molecule has 2 aromatic heterocycles. The molecule has 8 heteroatoms. The molecule has 0 aliphatic rings. The number of hydrogen-bond donors (Lipinski definition) is 1. The van der Waals surface area contributed by atoms with Crippen molar-refractivity contribution in [1.29, 1.82) is 0 Å². The van der Waals surface area contributed by atoms with E-state index in [0.29, 0.717) is 6.54 Å². The maximum absolute atomic E-state index is 12.4. The van der Waals surface area contributed by atoms with Crippen molar-refractivity contribution in [1.82, 2.24) is 15.1 Å². The molecule has 1 amide bonds. The number of nitrogens with one attached hydrogen (secondary N) is 1. The Kier molecular flexibility index (Phi) is 6.31. The van der Waals surface area contributed by atoms with E-state index in [1.54, 1.807) is 55.6 Å². The topological polar surface area (TPSA) is 81.1 Å².